The average Bonchev–Trinajstić information content (AvgIpc) is 2.41. The molecule has 10 heteroatoms. The van der Waals surface area contributed by atoms with Crippen molar-refractivity contribution in [3.8, 4) is 11.9 Å². The second kappa shape index (κ2) is 7.64. The summed E-state index contributed by atoms with van der Waals surface area (Å²) in [6.07, 6.45) is -0.905. The van der Waals surface area contributed by atoms with Gasteiger partial charge in [-0.3, -0.25) is 5.32 Å². The van der Waals surface area contributed by atoms with Crippen molar-refractivity contribution in [2.24, 2.45) is 4.99 Å². The van der Waals surface area contributed by atoms with Crippen molar-refractivity contribution >= 4 is 45.8 Å². The van der Waals surface area contributed by atoms with E-state index in [0.717, 1.165) is 17.8 Å². The van der Waals surface area contributed by atoms with E-state index in [-0.39, 0.29) is 15.9 Å². The first kappa shape index (κ1) is 17.8. The normalized spacial score (nSPS) is 13.5. The Morgan fingerprint density at radius 2 is 2.24 bits per heavy atom. The van der Waals surface area contributed by atoms with Crippen LogP contribution >= 0.6 is 35.0 Å². The molecule has 1 atom stereocenters. The summed E-state index contributed by atoms with van der Waals surface area (Å²) in [6.45, 7) is 0. The molecule has 4 nitrogen and oxygen atoms in total. The third kappa shape index (κ3) is 5.19. The Bertz CT molecular complexity index is 578. The van der Waals surface area contributed by atoms with Gasteiger partial charge in [0.05, 0.1) is 10.7 Å². The van der Waals surface area contributed by atoms with Crippen molar-refractivity contribution in [3.63, 3.8) is 0 Å². The molecule has 0 bridgehead atoms. The molecule has 1 aromatic carbocycles. The molecule has 1 N–H and O–H groups in total. The predicted octanol–water partition coefficient (Wildman–Crippen LogP) is 4.27. The second-order valence-electron chi connectivity index (χ2n) is 3.44. The van der Waals surface area contributed by atoms with Crippen molar-refractivity contribution in [3.05, 3.63) is 23.2 Å². The van der Waals surface area contributed by atoms with Crippen LogP contribution < -0.4 is 10.1 Å². The number of hydrogen-bond donors (Lipinski definition) is 1. The molecule has 1 aromatic rings. The Hall–Kier alpha value is -1.30. The van der Waals surface area contributed by atoms with E-state index in [1.54, 1.807) is 12.4 Å². The number of halogens is 5. The van der Waals surface area contributed by atoms with E-state index in [0.29, 0.717) is 0 Å². The van der Waals surface area contributed by atoms with Gasteiger partial charge in [-0.05, 0) is 18.4 Å². The van der Waals surface area contributed by atoms with Gasteiger partial charge in [-0.25, -0.2) is 9.38 Å². The molecule has 0 spiro atoms. The van der Waals surface area contributed by atoms with E-state index in [2.05, 4.69) is 15.0 Å². The number of hydrogen-bond acceptors (Lipinski definition) is 4. The fourth-order valence-corrected chi connectivity index (χ4v) is 1.67. The molecular weight excluding hydrogens is 350 g/mol. The van der Waals surface area contributed by atoms with E-state index >= 15 is 0 Å². The second-order valence-corrected chi connectivity index (χ2v) is 5.02. The van der Waals surface area contributed by atoms with Gasteiger partial charge in [0.1, 0.15) is 5.75 Å². The molecule has 0 aliphatic carbocycles. The number of ether oxygens (including phenoxy) is 1. The highest BCUT2D eigenvalue weighted by molar-refractivity contribution is 8.13. The van der Waals surface area contributed by atoms with Crippen molar-refractivity contribution in [1.29, 1.82) is 5.26 Å². The monoisotopic (exact) mass is 357 g/mol. The molecule has 0 aliphatic rings. The van der Waals surface area contributed by atoms with Gasteiger partial charge < -0.3 is 4.74 Å². The summed E-state index contributed by atoms with van der Waals surface area (Å²) in [6, 6.07) is 3.73. The quantitative estimate of drug-likeness (QED) is 0.287. The SMILES string of the molecule is CSC(=Nc1ccc(Cl)c(OC(F)(F)C(F)Cl)c1)NC#N. The van der Waals surface area contributed by atoms with Gasteiger partial charge in [0.25, 0.3) is 5.63 Å². The molecular formula is C11H8Cl2F3N3OS. The number of nitriles is 1. The lowest BCUT2D eigenvalue weighted by atomic mass is 10.3. The Morgan fingerprint density at radius 3 is 2.76 bits per heavy atom. The van der Waals surface area contributed by atoms with E-state index < -0.39 is 17.5 Å². The van der Waals surface area contributed by atoms with Crippen LogP contribution in [0.3, 0.4) is 0 Å². The largest absolute Gasteiger partial charge is 0.444 e. The summed E-state index contributed by atoms with van der Waals surface area (Å²) in [5.41, 5.74) is -2.84. The molecule has 0 fully saturated rings. The van der Waals surface area contributed by atoms with Crippen LogP contribution in [-0.4, -0.2) is 23.2 Å². The first-order valence-corrected chi connectivity index (χ1v) is 7.26. The zero-order valence-electron chi connectivity index (χ0n) is 10.4. The van der Waals surface area contributed by atoms with E-state index in [9.17, 15) is 13.2 Å². The lowest BCUT2D eigenvalue weighted by Gasteiger charge is -2.18. The Labute approximate surface area is 132 Å². The first-order valence-electron chi connectivity index (χ1n) is 5.22. The van der Waals surface area contributed by atoms with Gasteiger partial charge in [-0.15, -0.1) is 0 Å². The Kier molecular flexibility index (Phi) is 6.45. The summed E-state index contributed by atoms with van der Waals surface area (Å²) in [7, 11) is 0. The molecule has 0 amide bonds. The summed E-state index contributed by atoms with van der Waals surface area (Å²) >= 11 is 11.5. The topological polar surface area (TPSA) is 57.4 Å². The van der Waals surface area contributed by atoms with Crippen molar-refractivity contribution < 1.29 is 17.9 Å². The smallest absolute Gasteiger partial charge is 0.428 e. The van der Waals surface area contributed by atoms with Crippen molar-refractivity contribution in [2.75, 3.05) is 6.26 Å². The Balaban J connectivity index is 3.08. The van der Waals surface area contributed by atoms with Crippen LogP contribution in [0.1, 0.15) is 0 Å². The van der Waals surface area contributed by atoms with Crippen molar-refractivity contribution in [1.82, 2.24) is 5.32 Å². The molecule has 0 aliphatic heterocycles. The van der Waals surface area contributed by atoms with Gasteiger partial charge >= 0.3 is 6.11 Å². The predicted molar refractivity (Wildman–Crippen MR) is 77.1 cm³/mol. The maximum absolute atomic E-state index is 13.1. The maximum Gasteiger partial charge on any atom is 0.444 e. The van der Waals surface area contributed by atoms with Crippen LogP contribution in [0.25, 0.3) is 0 Å². The highest BCUT2D eigenvalue weighted by Crippen LogP contribution is 2.35. The minimum absolute atomic E-state index is 0.162. The van der Waals surface area contributed by atoms with Crippen molar-refractivity contribution in [2.45, 2.75) is 11.7 Å². The van der Waals surface area contributed by atoms with Gasteiger partial charge in [-0.2, -0.15) is 14.0 Å². The standard InChI is InChI=1S/C11H8Cl2F3N3OS/c1-21-10(18-5-17)19-6-2-3-7(12)8(4-6)20-11(15,16)9(13)14/h2-4,9H,1H3,(H,18,19). The Morgan fingerprint density at radius 1 is 1.57 bits per heavy atom. The number of rotatable bonds is 4. The van der Waals surface area contributed by atoms with Crippen LogP contribution in [0.15, 0.2) is 23.2 Å². The van der Waals surface area contributed by atoms with Crippen LogP contribution in [0.4, 0.5) is 18.9 Å². The minimum atomic E-state index is -4.24. The third-order valence-electron chi connectivity index (χ3n) is 2.00. The number of alkyl halides is 4. The maximum atomic E-state index is 13.1. The number of aliphatic imine (C=N–C) groups is 1. The molecule has 0 radical (unpaired) electrons. The zero-order valence-corrected chi connectivity index (χ0v) is 12.7. The van der Waals surface area contributed by atoms with Crippen LogP contribution in [0.2, 0.25) is 5.02 Å². The third-order valence-corrected chi connectivity index (χ3v) is 3.15. The summed E-state index contributed by atoms with van der Waals surface area (Å²) in [5, 5.41) is 10.9. The van der Waals surface area contributed by atoms with E-state index in [4.69, 9.17) is 28.5 Å². The minimum Gasteiger partial charge on any atom is -0.428 e. The van der Waals surface area contributed by atoms with E-state index in [1.165, 1.54) is 12.1 Å². The van der Waals surface area contributed by atoms with Crippen LogP contribution in [0.5, 0.6) is 5.75 Å². The number of amidine groups is 1. The fourth-order valence-electron chi connectivity index (χ4n) is 1.12. The lowest BCUT2D eigenvalue weighted by Crippen LogP contribution is -2.32. The number of thioether (sulfide) groups is 1. The highest BCUT2D eigenvalue weighted by atomic mass is 35.5. The molecule has 1 unspecified atom stereocenters. The first-order chi connectivity index (χ1) is 9.80. The van der Waals surface area contributed by atoms with Gasteiger partial charge in [0.2, 0.25) is 0 Å². The summed E-state index contributed by atoms with van der Waals surface area (Å²) in [5.74, 6) is -0.483. The van der Waals surface area contributed by atoms with Gasteiger partial charge in [0, 0.05) is 6.07 Å². The molecule has 0 heterocycles. The van der Waals surface area contributed by atoms with Gasteiger partial charge in [0.15, 0.2) is 11.4 Å². The number of benzene rings is 1. The van der Waals surface area contributed by atoms with Crippen LogP contribution in [0, 0.1) is 11.5 Å². The molecule has 0 saturated carbocycles. The van der Waals surface area contributed by atoms with Crippen LogP contribution in [-0.2, 0) is 0 Å². The molecule has 114 valence electrons. The summed E-state index contributed by atoms with van der Waals surface area (Å²) < 4.78 is 42.9. The van der Waals surface area contributed by atoms with E-state index in [1.807, 2.05) is 0 Å². The molecule has 1 rings (SSSR count). The fraction of sp³-hybridized carbons (Fsp3) is 0.273. The average molecular weight is 358 g/mol. The number of nitrogens with one attached hydrogen (secondary N) is 1. The highest BCUT2D eigenvalue weighted by Gasteiger charge is 2.42. The summed E-state index contributed by atoms with van der Waals surface area (Å²) in [4.78, 5) is 3.98. The van der Waals surface area contributed by atoms with Gasteiger partial charge in [-0.1, -0.05) is 35.0 Å². The number of nitrogens with zero attached hydrogens (tertiary/aromatic N) is 2. The lowest BCUT2D eigenvalue weighted by molar-refractivity contribution is -0.198. The molecule has 0 saturated heterocycles. The zero-order chi connectivity index (χ0) is 16.0. The molecule has 0 aromatic heterocycles. The molecule has 21 heavy (non-hydrogen) atoms.